The third-order valence-corrected chi connectivity index (χ3v) is 7.22. The van der Waals surface area contributed by atoms with Gasteiger partial charge in [0.05, 0.1) is 0 Å². The van der Waals surface area contributed by atoms with Gasteiger partial charge in [-0.25, -0.2) is 0 Å². The number of rotatable bonds is 7. The van der Waals surface area contributed by atoms with Crippen LogP contribution in [0.2, 0.25) is 0 Å². The first-order valence-electron chi connectivity index (χ1n) is 11.2. The number of nitrogens with zero attached hydrogens (tertiary/aromatic N) is 1. The fourth-order valence-corrected chi connectivity index (χ4v) is 5.49. The highest BCUT2D eigenvalue weighted by molar-refractivity contribution is 5.90. The highest BCUT2D eigenvalue weighted by Gasteiger charge is 2.55. The van der Waals surface area contributed by atoms with Crippen LogP contribution < -0.4 is 5.32 Å². The molecule has 4 heteroatoms. The lowest BCUT2D eigenvalue weighted by molar-refractivity contribution is -0.137. The largest absolute Gasteiger partial charge is 0.372 e. The summed E-state index contributed by atoms with van der Waals surface area (Å²) in [6, 6.07) is 20.0. The zero-order chi connectivity index (χ0) is 20.6. The molecule has 2 aromatic carbocycles. The summed E-state index contributed by atoms with van der Waals surface area (Å²) in [5.74, 6) is 1.61. The molecular weight excluding hydrogens is 372 g/mol. The Labute approximate surface area is 178 Å². The van der Waals surface area contributed by atoms with Crippen LogP contribution in [0.3, 0.4) is 0 Å². The van der Waals surface area contributed by atoms with Crippen LogP contribution >= 0.6 is 0 Å². The van der Waals surface area contributed by atoms with Gasteiger partial charge in [-0.15, -0.1) is 0 Å². The molecule has 3 aliphatic rings. The van der Waals surface area contributed by atoms with E-state index in [1.54, 1.807) is 0 Å². The average molecular weight is 403 g/mol. The summed E-state index contributed by atoms with van der Waals surface area (Å²) in [4.78, 5) is 15.7. The van der Waals surface area contributed by atoms with E-state index in [9.17, 15) is 9.90 Å². The molecule has 2 N–H and O–H groups in total. The number of hydrogen-bond donors (Lipinski definition) is 2. The van der Waals surface area contributed by atoms with Crippen LogP contribution in [0, 0.1) is 17.8 Å². The maximum absolute atomic E-state index is 13.2. The second-order valence-electron chi connectivity index (χ2n) is 9.08. The molecule has 4 atom stereocenters. The van der Waals surface area contributed by atoms with Gasteiger partial charge >= 0.3 is 0 Å². The van der Waals surface area contributed by atoms with Crippen LogP contribution in [0.25, 0.3) is 0 Å². The van der Waals surface area contributed by atoms with Gasteiger partial charge in [0.2, 0.25) is 0 Å². The van der Waals surface area contributed by atoms with E-state index in [1.807, 2.05) is 36.4 Å². The third-order valence-electron chi connectivity index (χ3n) is 7.22. The highest BCUT2D eigenvalue weighted by atomic mass is 16.3. The molecule has 5 rings (SSSR count). The van der Waals surface area contributed by atoms with Gasteiger partial charge in [-0.05, 0) is 53.7 Å². The Kier molecular flexibility index (Phi) is 5.21. The summed E-state index contributed by atoms with van der Waals surface area (Å²) in [5, 5.41) is 14.6. The van der Waals surface area contributed by atoms with Crippen LogP contribution in [0.4, 0.5) is 0 Å². The van der Waals surface area contributed by atoms with E-state index in [1.165, 1.54) is 5.56 Å². The Morgan fingerprint density at radius 3 is 2.33 bits per heavy atom. The third kappa shape index (κ3) is 3.59. The summed E-state index contributed by atoms with van der Waals surface area (Å²) >= 11 is 0. The minimum atomic E-state index is -1.54. The molecule has 30 heavy (non-hydrogen) atoms. The van der Waals surface area contributed by atoms with Gasteiger partial charge in [0.1, 0.15) is 0 Å². The highest BCUT2D eigenvalue weighted by Crippen LogP contribution is 2.51. The van der Waals surface area contributed by atoms with Crippen molar-refractivity contribution in [2.75, 3.05) is 19.6 Å². The molecule has 1 heterocycles. The summed E-state index contributed by atoms with van der Waals surface area (Å²) in [5.41, 5.74) is 1.33. The van der Waals surface area contributed by atoms with Gasteiger partial charge in [-0.2, -0.15) is 0 Å². The van der Waals surface area contributed by atoms with Crippen molar-refractivity contribution >= 4 is 5.91 Å². The van der Waals surface area contributed by atoms with E-state index in [0.29, 0.717) is 29.9 Å². The van der Waals surface area contributed by atoms with Crippen molar-refractivity contribution in [3.63, 3.8) is 0 Å². The molecule has 1 aliphatic heterocycles. The minimum Gasteiger partial charge on any atom is -0.372 e. The van der Waals surface area contributed by atoms with Gasteiger partial charge in [0, 0.05) is 26.2 Å². The zero-order valence-corrected chi connectivity index (χ0v) is 17.3. The minimum absolute atomic E-state index is 0.270. The maximum atomic E-state index is 13.2. The van der Waals surface area contributed by atoms with Crippen molar-refractivity contribution < 1.29 is 9.90 Å². The fourth-order valence-electron chi connectivity index (χ4n) is 5.49. The van der Waals surface area contributed by atoms with Crippen molar-refractivity contribution in [3.8, 4) is 0 Å². The monoisotopic (exact) mass is 402 g/mol. The molecule has 0 aromatic heterocycles. The van der Waals surface area contributed by atoms with Crippen LogP contribution in [-0.4, -0.2) is 35.5 Å². The van der Waals surface area contributed by atoms with Crippen molar-refractivity contribution in [2.24, 2.45) is 17.8 Å². The number of nitrogens with one attached hydrogen (secondary N) is 1. The van der Waals surface area contributed by atoms with Crippen LogP contribution in [0.15, 0.2) is 72.3 Å². The van der Waals surface area contributed by atoms with Crippen molar-refractivity contribution in [3.05, 3.63) is 83.4 Å². The predicted molar refractivity (Wildman–Crippen MR) is 117 cm³/mol. The number of hydrogen-bond acceptors (Lipinski definition) is 3. The van der Waals surface area contributed by atoms with Gasteiger partial charge in [-0.3, -0.25) is 9.69 Å². The first-order chi connectivity index (χ1) is 14.7. The topological polar surface area (TPSA) is 52.6 Å². The van der Waals surface area contributed by atoms with E-state index < -0.39 is 5.60 Å². The quantitative estimate of drug-likeness (QED) is 0.697. The average Bonchev–Trinajstić information content (AvgIpc) is 3.17. The number of amides is 1. The van der Waals surface area contributed by atoms with Crippen molar-refractivity contribution in [2.45, 2.75) is 31.4 Å². The van der Waals surface area contributed by atoms with Crippen molar-refractivity contribution in [1.29, 1.82) is 0 Å². The molecule has 1 unspecified atom stereocenters. The van der Waals surface area contributed by atoms with Crippen LogP contribution in [-0.2, 0) is 16.9 Å². The van der Waals surface area contributed by atoms with E-state index in [2.05, 4.69) is 40.5 Å². The fraction of sp³-hybridized carbons (Fsp3) is 0.423. The molecule has 0 bridgehead atoms. The van der Waals surface area contributed by atoms with Gasteiger partial charge in [0.25, 0.3) is 5.91 Å². The number of aliphatic hydroxyl groups is 1. The molecule has 2 aromatic rings. The Morgan fingerprint density at radius 2 is 1.70 bits per heavy atom. The number of carbonyl (C=O) groups excluding carboxylic acids is 1. The van der Waals surface area contributed by atoms with E-state index in [-0.39, 0.29) is 5.91 Å². The molecule has 2 fully saturated rings. The summed E-state index contributed by atoms with van der Waals surface area (Å²) in [6.45, 7) is 3.88. The van der Waals surface area contributed by atoms with Crippen molar-refractivity contribution in [1.82, 2.24) is 10.2 Å². The Hall–Kier alpha value is -2.43. The summed E-state index contributed by atoms with van der Waals surface area (Å²) in [6.07, 6.45) is 4.76. The Morgan fingerprint density at radius 1 is 1.03 bits per heavy atom. The second-order valence-corrected chi connectivity index (χ2v) is 9.08. The normalized spacial score (nSPS) is 27.2. The molecule has 0 radical (unpaired) electrons. The number of carbonyl (C=O) groups is 1. The predicted octanol–water partition coefficient (Wildman–Crippen LogP) is 3.48. The molecule has 0 spiro atoms. The maximum Gasteiger partial charge on any atom is 0.261 e. The number of fused-ring (bicyclic) bond motifs is 1. The lowest BCUT2D eigenvalue weighted by Gasteiger charge is -2.29. The van der Waals surface area contributed by atoms with Gasteiger partial charge in [-0.1, -0.05) is 66.7 Å². The second kappa shape index (κ2) is 8.01. The van der Waals surface area contributed by atoms with Crippen LogP contribution in [0.5, 0.6) is 0 Å². The lowest BCUT2D eigenvalue weighted by Crippen LogP contribution is -2.46. The first-order valence-corrected chi connectivity index (χ1v) is 11.2. The van der Waals surface area contributed by atoms with E-state index in [4.69, 9.17) is 0 Å². The zero-order valence-electron chi connectivity index (χ0n) is 17.3. The molecule has 1 saturated carbocycles. The van der Waals surface area contributed by atoms with Gasteiger partial charge < -0.3 is 10.4 Å². The number of allylic oxidation sites excluding steroid dienone is 1. The molecule has 4 nitrogen and oxygen atoms in total. The van der Waals surface area contributed by atoms with Crippen LogP contribution in [0.1, 0.15) is 30.4 Å². The SMILES string of the molecule is O=C(NCC1[C@H]2CN(Cc3ccccc3)C[C@@H]12)[C@@](O)(C1=CCCC1)c1ccccc1. The number of benzene rings is 2. The standard InChI is InChI=1S/C26H30N2O2/c29-25(26(30,21-13-7-8-14-21)20-11-5-2-6-12-20)27-15-22-23-17-28(18-24(22)23)16-19-9-3-1-4-10-19/h1-6,9-13,22-24,30H,7-8,14-18H2,(H,27,29)/t22?,23-,24+,26-/m0/s1. The molecular formula is C26H30N2O2. The molecule has 1 amide bonds. The summed E-state index contributed by atoms with van der Waals surface area (Å²) < 4.78 is 0. The summed E-state index contributed by atoms with van der Waals surface area (Å²) in [7, 11) is 0. The Balaban J connectivity index is 1.18. The number of piperidine rings is 1. The number of likely N-dealkylation sites (tertiary alicyclic amines) is 1. The van der Waals surface area contributed by atoms with E-state index >= 15 is 0 Å². The molecule has 2 aliphatic carbocycles. The first kappa shape index (κ1) is 19.5. The van der Waals surface area contributed by atoms with E-state index in [0.717, 1.165) is 44.5 Å². The lowest BCUT2D eigenvalue weighted by atomic mass is 9.84. The Bertz CT molecular complexity index is 915. The molecule has 1 saturated heterocycles. The van der Waals surface area contributed by atoms with Gasteiger partial charge in [0.15, 0.2) is 5.60 Å². The molecule has 156 valence electrons. The smallest absolute Gasteiger partial charge is 0.261 e.